The molecule has 9 aromatic carbocycles. The summed E-state index contributed by atoms with van der Waals surface area (Å²) in [5, 5.41) is 6.09. The first-order valence-corrected chi connectivity index (χ1v) is 16.4. The van der Waals surface area contributed by atoms with E-state index in [1.54, 1.807) is 6.07 Å². The van der Waals surface area contributed by atoms with Gasteiger partial charge in [0.05, 0.1) is 6.85 Å². The number of fused-ring (bicyclic) bond motifs is 6. The fourth-order valence-corrected chi connectivity index (χ4v) is 7.34. The Kier molecular flexibility index (Phi) is 5.20. The standard InChI is InChI=1S/C48H30O/c1-3-12-31(13-4-1)38-20-11-21-44-39-27-26-36(30-45(39)49-48(38)44)34-22-23-35-29-37(25-24-33(35)28-34)47-42-18-9-7-16-40(42)46(32-14-5-2-6-15-32)41-17-8-10-19-43(41)47/h1-30H/i22D,23D,24D,25D,29D. The molecule has 0 atom stereocenters. The van der Waals surface area contributed by atoms with Crippen molar-refractivity contribution in [3.05, 3.63) is 182 Å². The van der Waals surface area contributed by atoms with Crippen molar-refractivity contribution in [1.29, 1.82) is 0 Å². The van der Waals surface area contributed by atoms with Gasteiger partial charge >= 0.3 is 0 Å². The molecule has 1 heterocycles. The highest BCUT2D eigenvalue weighted by Gasteiger charge is 2.17. The van der Waals surface area contributed by atoms with E-state index < -0.39 is 0 Å². The molecule has 0 aliphatic carbocycles. The van der Waals surface area contributed by atoms with Crippen molar-refractivity contribution in [2.75, 3.05) is 0 Å². The number of furan rings is 1. The summed E-state index contributed by atoms with van der Waals surface area (Å²) in [4.78, 5) is 0. The molecule has 1 nitrogen and oxygen atoms in total. The van der Waals surface area contributed by atoms with Crippen LogP contribution in [0.3, 0.4) is 0 Å². The molecule has 0 radical (unpaired) electrons. The smallest absolute Gasteiger partial charge is 0.143 e. The predicted molar refractivity (Wildman–Crippen MR) is 208 cm³/mol. The molecule has 0 spiro atoms. The highest BCUT2D eigenvalue weighted by molar-refractivity contribution is 6.21. The molecule has 10 rings (SSSR count). The van der Waals surface area contributed by atoms with Gasteiger partial charge in [-0.2, -0.15) is 0 Å². The van der Waals surface area contributed by atoms with Gasteiger partial charge in [-0.25, -0.2) is 0 Å². The van der Waals surface area contributed by atoms with Gasteiger partial charge in [-0.05, 0) is 95.5 Å². The monoisotopic (exact) mass is 627 g/mol. The number of benzene rings is 9. The molecule has 10 aromatic rings. The fraction of sp³-hybridized carbons (Fsp3) is 0. The van der Waals surface area contributed by atoms with Gasteiger partial charge in [0.25, 0.3) is 0 Å². The Balaban J connectivity index is 1.20. The van der Waals surface area contributed by atoms with Crippen LogP contribution in [0.1, 0.15) is 6.85 Å². The maximum Gasteiger partial charge on any atom is 0.143 e. The summed E-state index contributed by atoms with van der Waals surface area (Å²) in [5.41, 5.74) is 7.68. The van der Waals surface area contributed by atoms with E-state index in [0.29, 0.717) is 27.7 Å². The van der Waals surface area contributed by atoms with Crippen LogP contribution in [0.15, 0.2) is 186 Å². The van der Waals surface area contributed by atoms with Gasteiger partial charge in [-0.1, -0.05) is 158 Å². The molecule has 0 aliphatic rings. The van der Waals surface area contributed by atoms with Crippen LogP contribution >= 0.6 is 0 Å². The fourth-order valence-electron chi connectivity index (χ4n) is 7.34. The maximum absolute atomic E-state index is 9.63. The van der Waals surface area contributed by atoms with E-state index in [4.69, 9.17) is 4.42 Å². The van der Waals surface area contributed by atoms with Crippen molar-refractivity contribution in [3.8, 4) is 44.5 Å². The van der Waals surface area contributed by atoms with Crippen LogP contribution in [0.5, 0.6) is 0 Å². The molecule has 0 saturated carbocycles. The molecule has 228 valence electrons. The van der Waals surface area contributed by atoms with E-state index >= 15 is 0 Å². The van der Waals surface area contributed by atoms with Crippen LogP contribution < -0.4 is 0 Å². The van der Waals surface area contributed by atoms with Crippen LogP contribution in [-0.2, 0) is 0 Å². The van der Waals surface area contributed by atoms with Crippen LogP contribution in [0, 0.1) is 0 Å². The SMILES string of the molecule is [2H]c1c(-c2c3ccccc3c(-c3ccccc3)c3ccccc23)c([2H])c2c([2H])c([2H])c(-c3ccc4c(c3)oc3c(-c5ccccc5)cccc34)cc2c1[2H]. The van der Waals surface area contributed by atoms with Crippen LogP contribution in [0.2, 0.25) is 0 Å². The number of hydrogen-bond acceptors (Lipinski definition) is 1. The Morgan fingerprint density at radius 3 is 1.63 bits per heavy atom. The first-order chi connectivity index (χ1) is 26.4. The predicted octanol–water partition coefficient (Wildman–Crippen LogP) is 13.7. The van der Waals surface area contributed by atoms with Crippen molar-refractivity contribution >= 4 is 54.3 Å². The summed E-state index contributed by atoms with van der Waals surface area (Å²) in [6, 6.07) is 49.6. The highest BCUT2D eigenvalue weighted by atomic mass is 16.3. The van der Waals surface area contributed by atoms with Crippen molar-refractivity contribution in [3.63, 3.8) is 0 Å². The van der Waals surface area contributed by atoms with Crippen molar-refractivity contribution < 1.29 is 11.3 Å². The van der Waals surface area contributed by atoms with Gasteiger partial charge in [0.1, 0.15) is 11.2 Å². The average molecular weight is 628 g/mol. The molecule has 1 heteroatoms. The zero-order valence-electron chi connectivity index (χ0n) is 31.3. The topological polar surface area (TPSA) is 13.1 Å². The average Bonchev–Trinajstić information content (AvgIpc) is 3.59. The Morgan fingerprint density at radius 2 is 0.939 bits per heavy atom. The van der Waals surface area contributed by atoms with Crippen LogP contribution in [-0.4, -0.2) is 0 Å². The minimum atomic E-state index is -0.146. The summed E-state index contributed by atoms with van der Waals surface area (Å²) in [6.07, 6.45) is 0. The van der Waals surface area contributed by atoms with Gasteiger partial charge in [0.2, 0.25) is 0 Å². The van der Waals surface area contributed by atoms with Gasteiger partial charge in [-0.3, -0.25) is 0 Å². The first-order valence-electron chi connectivity index (χ1n) is 18.9. The normalized spacial score (nSPS) is 13.1. The van der Waals surface area contributed by atoms with Crippen molar-refractivity contribution in [1.82, 2.24) is 0 Å². The molecular formula is C48H30O. The quantitative estimate of drug-likeness (QED) is 0.177. The second kappa shape index (κ2) is 11.1. The Hall–Kier alpha value is -6.44. The minimum Gasteiger partial charge on any atom is -0.455 e. The van der Waals surface area contributed by atoms with E-state index in [-0.39, 0.29) is 41.2 Å². The number of hydrogen-bond donors (Lipinski definition) is 0. The van der Waals surface area contributed by atoms with Crippen LogP contribution in [0.4, 0.5) is 0 Å². The number of rotatable bonds is 4. The minimum absolute atomic E-state index is 0.0278. The molecule has 0 aliphatic heterocycles. The Labute approximate surface area is 291 Å². The van der Waals surface area contributed by atoms with Gasteiger partial charge in [-0.15, -0.1) is 0 Å². The molecule has 0 bridgehead atoms. The van der Waals surface area contributed by atoms with Gasteiger partial charge in [0, 0.05) is 16.3 Å². The first kappa shape index (κ1) is 23.0. The van der Waals surface area contributed by atoms with E-state index in [1.165, 1.54) is 0 Å². The molecule has 0 fully saturated rings. The van der Waals surface area contributed by atoms with E-state index in [0.717, 1.165) is 60.2 Å². The largest absolute Gasteiger partial charge is 0.455 e. The van der Waals surface area contributed by atoms with Crippen molar-refractivity contribution in [2.24, 2.45) is 0 Å². The molecule has 0 amide bonds. The van der Waals surface area contributed by atoms with Gasteiger partial charge in [0.15, 0.2) is 0 Å². The molecule has 0 saturated heterocycles. The lowest BCUT2D eigenvalue weighted by molar-refractivity contribution is 0.670. The second-order valence-corrected chi connectivity index (χ2v) is 12.4. The molecule has 0 N–H and O–H groups in total. The number of para-hydroxylation sites is 1. The Morgan fingerprint density at radius 1 is 0.367 bits per heavy atom. The van der Waals surface area contributed by atoms with Gasteiger partial charge < -0.3 is 4.42 Å². The lowest BCUT2D eigenvalue weighted by atomic mass is 9.85. The third-order valence-corrected chi connectivity index (χ3v) is 9.59. The lowest BCUT2D eigenvalue weighted by Gasteiger charge is -2.18. The molecule has 1 aromatic heterocycles. The summed E-state index contributed by atoms with van der Waals surface area (Å²) in [5.74, 6) is 0. The lowest BCUT2D eigenvalue weighted by Crippen LogP contribution is -1.90. The summed E-state index contributed by atoms with van der Waals surface area (Å²) < 4.78 is 53.5. The molecule has 0 unspecified atom stereocenters. The molecular weight excluding hydrogens is 593 g/mol. The summed E-state index contributed by atoms with van der Waals surface area (Å²) >= 11 is 0. The summed E-state index contributed by atoms with van der Waals surface area (Å²) in [6.45, 7) is 0. The Bertz CT molecular complexity index is 3090. The zero-order valence-corrected chi connectivity index (χ0v) is 26.3. The van der Waals surface area contributed by atoms with E-state index in [2.05, 4.69) is 36.4 Å². The maximum atomic E-state index is 9.63. The zero-order chi connectivity index (χ0) is 36.7. The van der Waals surface area contributed by atoms with E-state index in [9.17, 15) is 6.85 Å². The summed E-state index contributed by atoms with van der Waals surface area (Å²) in [7, 11) is 0. The molecule has 49 heavy (non-hydrogen) atoms. The van der Waals surface area contributed by atoms with Crippen molar-refractivity contribution in [2.45, 2.75) is 0 Å². The highest BCUT2D eigenvalue weighted by Crippen LogP contribution is 2.44. The third kappa shape index (κ3) is 4.47. The third-order valence-electron chi connectivity index (χ3n) is 9.59. The van der Waals surface area contributed by atoms with E-state index in [1.807, 2.05) is 109 Å². The van der Waals surface area contributed by atoms with Crippen LogP contribution in [0.25, 0.3) is 98.8 Å². The second-order valence-electron chi connectivity index (χ2n) is 12.4.